The van der Waals surface area contributed by atoms with Crippen LogP contribution in [0.15, 0.2) is 18.2 Å². The van der Waals surface area contributed by atoms with Crippen molar-refractivity contribution in [2.24, 2.45) is 11.8 Å². The Balaban J connectivity index is 2.90. The van der Waals surface area contributed by atoms with Gasteiger partial charge in [-0.15, -0.1) is 0 Å². The molecule has 2 heteroatoms. The molecule has 2 atom stereocenters. The normalized spacial score (nSPS) is 14.8. The molecule has 3 N–H and O–H groups in total. The fourth-order valence-electron chi connectivity index (χ4n) is 2.01. The zero-order chi connectivity index (χ0) is 12.1. The van der Waals surface area contributed by atoms with Crippen molar-refractivity contribution >= 4 is 0 Å². The van der Waals surface area contributed by atoms with Crippen molar-refractivity contribution < 1.29 is 0 Å². The average molecular weight is 220 g/mol. The van der Waals surface area contributed by atoms with Crippen LogP contribution in [0.3, 0.4) is 0 Å². The first kappa shape index (κ1) is 13.2. The second-order valence-corrected chi connectivity index (χ2v) is 4.76. The van der Waals surface area contributed by atoms with Gasteiger partial charge in [-0.05, 0) is 42.9 Å². The molecule has 0 spiro atoms. The van der Waals surface area contributed by atoms with Crippen molar-refractivity contribution in [3.8, 4) is 0 Å². The number of rotatable bonds is 5. The summed E-state index contributed by atoms with van der Waals surface area (Å²) >= 11 is 0. The summed E-state index contributed by atoms with van der Waals surface area (Å²) in [7, 11) is 0. The molecule has 1 aromatic rings. The number of nitrogens with one attached hydrogen (secondary N) is 1. The van der Waals surface area contributed by atoms with Crippen molar-refractivity contribution in [2.45, 2.75) is 46.6 Å². The predicted octanol–water partition coefficient (Wildman–Crippen LogP) is 3.24. The van der Waals surface area contributed by atoms with E-state index >= 15 is 0 Å². The first-order valence-corrected chi connectivity index (χ1v) is 6.12. The van der Waals surface area contributed by atoms with Gasteiger partial charge in [-0.2, -0.15) is 0 Å². The Hall–Kier alpha value is -0.860. The van der Waals surface area contributed by atoms with Crippen molar-refractivity contribution in [1.82, 2.24) is 5.43 Å². The standard InChI is InChI=1S/C14H24N2/c1-5-10(2)9-14(16-15)13-8-6-7-11(3)12(13)4/h6-8,10,14,16H,5,9,15H2,1-4H3. The van der Waals surface area contributed by atoms with E-state index in [9.17, 15) is 0 Å². The molecule has 16 heavy (non-hydrogen) atoms. The summed E-state index contributed by atoms with van der Waals surface area (Å²) in [5, 5.41) is 0. The Morgan fingerprint density at radius 3 is 2.56 bits per heavy atom. The number of hydrogen-bond donors (Lipinski definition) is 2. The van der Waals surface area contributed by atoms with E-state index in [2.05, 4.69) is 51.3 Å². The molecule has 0 aliphatic heterocycles. The van der Waals surface area contributed by atoms with Crippen molar-refractivity contribution in [3.63, 3.8) is 0 Å². The molecule has 0 saturated carbocycles. The van der Waals surface area contributed by atoms with Gasteiger partial charge in [0, 0.05) is 6.04 Å². The van der Waals surface area contributed by atoms with Gasteiger partial charge in [0.2, 0.25) is 0 Å². The Labute approximate surface area is 99.2 Å². The third-order valence-electron chi connectivity index (χ3n) is 3.56. The molecule has 0 heterocycles. The second-order valence-electron chi connectivity index (χ2n) is 4.76. The first-order chi connectivity index (χ1) is 7.60. The van der Waals surface area contributed by atoms with E-state index in [1.807, 2.05) is 0 Å². The summed E-state index contributed by atoms with van der Waals surface area (Å²) in [4.78, 5) is 0. The predicted molar refractivity (Wildman–Crippen MR) is 70.1 cm³/mol. The summed E-state index contributed by atoms with van der Waals surface area (Å²) < 4.78 is 0. The van der Waals surface area contributed by atoms with Crippen molar-refractivity contribution in [2.75, 3.05) is 0 Å². The van der Waals surface area contributed by atoms with E-state index in [0.717, 1.165) is 6.42 Å². The lowest BCUT2D eigenvalue weighted by Gasteiger charge is -2.22. The van der Waals surface area contributed by atoms with Crippen LogP contribution in [-0.4, -0.2) is 0 Å². The average Bonchev–Trinajstić information content (AvgIpc) is 2.29. The minimum absolute atomic E-state index is 0.273. The quantitative estimate of drug-likeness (QED) is 0.590. The molecule has 0 aliphatic carbocycles. The molecule has 2 unspecified atom stereocenters. The minimum Gasteiger partial charge on any atom is -0.271 e. The molecular weight excluding hydrogens is 196 g/mol. The van der Waals surface area contributed by atoms with Crippen LogP contribution >= 0.6 is 0 Å². The minimum atomic E-state index is 0.273. The van der Waals surface area contributed by atoms with Gasteiger partial charge in [0.1, 0.15) is 0 Å². The SMILES string of the molecule is CCC(C)CC(NN)c1cccc(C)c1C. The van der Waals surface area contributed by atoms with Gasteiger partial charge in [0.25, 0.3) is 0 Å². The van der Waals surface area contributed by atoms with E-state index in [1.165, 1.54) is 23.1 Å². The van der Waals surface area contributed by atoms with Gasteiger partial charge in [-0.3, -0.25) is 11.3 Å². The van der Waals surface area contributed by atoms with Gasteiger partial charge in [-0.25, -0.2) is 0 Å². The second kappa shape index (κ2) is 6.02. The van der Waals surface area contributed by atoms with Crippen LogP contribution in [0.1, 0.15) is 49.4 Å². The zero-order valence-electron chi connectivity index (χ0n) is 10.9. The maximum Gasteiger partial charge on any atom is 0.0465 e. The molecule has 0 amide bonds. The fraction of sp³-hybridized carbons (Fsp3) is 0.571. The van der Waals surface area contributed by atoms with Crippen LogP contribution in [0.2, 0.25) is 0 Å². The van der Waals surface area contributed by atoms with E-state index in [4.69, 9.17) is 5.84 Å². The molecule has 0 fully saturated rings. The zero-order valence-corrected chi connectivity index (χ0v) is 10.9. The summed E-state index contributed by atoms with van der Waals surface area (Å²) in [6, 6.07) is 6.71. The maximum absolute atomic E-state index is 5.68. The summed E-state index contributed by atoms with van der Waals surface area (Å²) in [6.07, 6.45) is 2.29. The third-order valence-corrected chi connectivity index (χ3v) is 3.56. The van der Waals surface area contributed by atoms with Crippen LogP contribution in [0, 0.1) is 19.8 Å². The maximum atomic E-state index is 5.68. The van der Waals surface area contributed by atoms with E-state index in [1.54, 1.807) is 0 Å². The van der Waals surface area contributed by atoms with Gasteiger partial charge >= 0.3 is 0 Å². The molecule has 0 radical (unpaired) electrons. The number of hydrazine groups is 1. The van der Waals surface area contributed by atoms with Gasteiger partial charge in [-0.1, -0.05) is 38.5 Å². The number of nitrogens with two attached hydrogens (primary N) is 1. The highest BCUT2D eigenvalue weighted by molar-refractivity contribution is 5.35. The molecular formula is C14H24N2. The highest BCUT2D eigenvalue weighted by Crippen LogP contribution is 2.26. The Bertz CT molecular complexity index is 334. The van der Waals surface area contributed by atoms with Crippen LogP contribution in [0.4, 0.5) is 0 Å². The molecule has 0 bridgehead atoms. The molecule has 0 aliphatic rings. The molecule has 0 aromatic heterocycles. The summed E-state index contributed by atoms with van der Waals surface area (Å²) in [5.74, 6) is 6.37. The molecule has 90 valence electrons. The monoisotopic (exact) mass is 220 g/mol. The van der Waals surface area contributed by atoms with Crippen LogP contribution in [0.5, 0.6) is 0 Å². The summed E-state index contributed by atoms with van der Waals surface area (Å²) in [6.45, 7) is 8.82. The number of benzene rings is 1. The smallest absolute Gasteiger partial charge is 0.0465 e. The molecule has 1 rings (SSSR count). The highest BCUT2D eigenvalue weighted by atomic mass is 15.2. The van der Waals surface area contributed by atoms with Gasteiger partial charge < -0.3 is 0 Å². The van der Waals surface area contributed by atoms with Crippen LogP contribution in [-0.2, 0) is 0 Å². The van der Waals surface area contributed by atoms with Crippen LogP contribution in [0.25, 0.3) is 0 Å². The van der Waals surface area contributed by atoms with Crippen LogP contribution < -0.4 is 11.3 Å². The van der Waals surface area contributed by atoms with E-state index < -0.39 is 0 Å². The lowest BCUT2D eigenvalue weighted by atomic mass is 9.91. The summed E-state index contributed by atoms with van der Waals surface area (Å²) in [5.41, 5.74) is 6.98. The molecule has 2 nitrogen and oxygen atoms in total. The number of hydrogen-bond acceptors (Lipinski definition) is 2. The fourth-order valence-corrected chi connectivity index (χ4v) is 2.01. The van der Waals surface area contributed by atoms with Crippen molar-refractivity contribution in [3.05, 3.63) is 34.9 Å². The topological polar surface area (TPSA) is 38.0 Å². The first-order valence-electron chi connectivity index (χ1n) is 6.12. The molecule has 0 saturated heterocycles. The number of aryl methyl sites for hydroxylation is 1. The van der Waals surface area contributed by atoms with Gasteiger partial charge in [0.05, 0.1) is 0 Å². The molecule has 1 aromatic carbocycles. The van der Waals surface area contributed by atoms with Gasteiger partial charge in [0.15, 0.2) is 0 Å². The van der Waals surface area contributed by atoms with E-state index in [-0.39, 0.29) is 6.04 Å². The van der Waals surface area contributed by atoms with Crippen molar-refractivity contribution in [1.29, 1.82) is 0 Å². The highest BCUT2D eigenvalue weighted by Gasteiger charge is 2.15. The lowest BCUT2D eigenvalue weighted by molar-refractivity contribution is 0.406. The lowest BCUT2D eigenvalue weighted by Crippen LogP contribution is -2.30. The Morgan fingerprint density at radius 2 is 2.00 bits per heavy atom. The Morgan fingerprint density at radius 1 is 1.31 bits per heavy atom. The van der Waals surface area contributed by atoms with E-state index in [0.29, 0.717) is 5.92 Å². The largest absolute Gasteiger partial charge is 0.271 e. The Kier molecular flexibility index (Phi) is 4.97. The third kappa shape index (κ3) is 3.06.